The van der Waals surface area contributed by atoms with Gasteiger partial charge in [0.1, 0.15) is 11.0 Å². The van der Waals surface area contributed by atoms with Gasteiger partial charge in [0, 0.05) is 4.88 Å². The topological polar surface area (TPSA) is 54.9 Å². The first-order valence-corrected chi connectivity index (χ1v) is 8.97. The first-order valence-electron chi connectivity index (χ1n) is 7.36. The van der Waals surface area contributed by atoms with Gasteiger partial charge in [0.25, 0.3) is 0 Å². The van der Waals surface area contributed by atoms with Crippen LogP contribution in [0.3, 0.4) is 0 Å². The third-order valence-electron chi connectivity index (χ3n) is 4.42. The molecule has 0 saturated heterocycles. The zero-order valence-electron chi connectivity index (χ0n) is 11.9. The van der Waals surface area contributed by atoms with Crippen LogP contribution in [0.25, 0.3) is 11.0 Å². The second-order valence-electron chi connectivity index (χ2n) is 5.66. The molecule has 1 aliphatic rings. The van der Waals surface area contributed by atoms with Gasteiger partial charge in [0.2, 0.25) is 5.91 Å². The molecule has 2 aromatic heterocycles. The van der Waals surface area contributed by atoms with Crippen LogP contribution in [0, 0.1) is 0 Å². The van der Waals surface area contributed by atoms with Gasteiger partial charge in [-0.15, -0.1) is 11.3 Å². The van der Waals surface area contributed by atoms with E-state index in [1.54, 1.807) is 11.3 Å². The second kappa shape index (κ2) is 5.44. The van der Waals surface area contributed by atoms with Gasteiger partial charge in [-0.3, -0.25) is 4.79 Å². The summed E-state index contributed by atoms with van der Waals surface area (Å²) in [4.78, 5) is 14.2. The van der Waals surface area contributed by atoms with Crippen molar-refractivity contribution in [2.75, 3.05) is 5.32 Å². The van der Waals surface area contributed by atoms with Gasteiger partial charge >= 0.3 is 0 Å². The Labute approximate surface area is 136 Å². The fourth-order valence-electron chi connectivity index (χ4n) is 3.26. The summed E-state index contributed by atoms with van der Waals surface area (Å²) in [6.07, 6.45) is 4.05. The largest absolute Gasteiger partial charge is 0.323 e. The highest BCUT2D eigenvalue weighted by molar-refractivity contribution is 7.10. The van der Waals surface area contributed by atoms with E-state index in [-0.39, 0.29) is 11.3 Å². The summed E-state index contributed by atoms with van der Waals surface area (Å²) in [7, 11) is 0. The Morgan fingerprint density at radius 1 is 1.14 bits per heavy atom. The number of aromatic nitrogens is 2. The molecule has 4 rings (SSSR count). The smallest absolute Gasteiger partial charge is 0.235 e. The maximum Gasteiger partial charge on any atom is 0.235 e. The fourth-order valence-corrected chi connectivity index (χ4v) is 4.80. The standard InChI is InChI=1S/C16H15N3OS2/c20-15(16(8-1-2-9-16)13-7-4-10-21-13)17-11-5-3-6-12-14(11)19-22-18-12/h3-7,10H,1-2,8-9H2,(H,17,20). The quantitative estimate of drug-likeness (QED) is 0.783. The van der Waals surface area contributed by atoms with Crippen LogP contribution in [-0.4, -0.2) is 14.7 Å². The van der Waals surface area contributed by atoms with E-state index in [9.17, 15) is 4.79 Å². The van der Waals surface area contributed by atoms with Crippen LogP contribution in [0.2, 0.25) is 0 Å². The summed E-state index contributed by atoms with van der Waals surface area (Å²) in [5, 5.41) is 5.16. The number of carbonyl (C=O) groups excluding carboxylic acids is 1. The molecule has 1 fully saturated rings. The molecule has 1 N–H and O–H groups in total. The SMILES string of the molecule is O=C(Nc1cccc2nsnc12)C1(c2cccs2)CCCC1. The van der Waals surface area contributed by atoms with Gasteiger partial charge < -0.3 is 5.32 Å². The third kappa shape index (κ3) is 2.14. The summed E-state index contributed by atoms with van der Waals surface area (Å²) >= 11 is 2.85. The molecule has 1 amide bonds. The number of carbonyl (C=O) groups is 1. The van der Waals surface area contributed by atoms with E-state index in [1.807, 2.05) is 29.6 Å². The summed E-state index contributed by atoms with van der Waals surface area (Å²) in [5.74, 6) is 0.0907. The molecule has 2 heterocycles. The van der Waals surface area contributed by atoms with Crippen molar-refractivity contribution in [2.24, 2.45) is 0 Å². The second-order valence-corrected chi connectivity index (χ2v) is 7.13. The van der Waals surface area contributed by atoms with Gasteiger partial charge in [-0.2, -0.15) is 8.75 Å². The monoisotopic (exact) mass is 329 g/mol. The van der Waals surface area contributed by atoms with Crippen LogP contribution < -0.4 is 5.32 Å². The molecular weight excluding hydrogens is 314 g/mol. The van der Waals surface area contributed by atoms with Crippen molar-refractivity contribution >= 4 is 45.7 Å². The predicted octanol–water partition coefficient (Wildman–Crippen LogP) is 4.20. The maximum atomic E-state index is 13.1. The fraction of sp³-hybridized carbons (Fsp3) is 0.312. The lowest BCUT2D eigenvalue weighted by Gasteiger charge is -2.26. The zero-order chi connectivity index (χ0) is 15.0. The number of nitrogens with one attached hydrogen (secondary N) is 1. The Morgan fingerprint density at radius 2 is 2.00 bits per heavy atom. The minimum atomic E-state index is -0.375. The average Bonchev–Trinajstić information content (AvgIpc) is 3.27. The van der Waals surface area contributed by atoms with Crippen molar-refractivity contribution < 1.29 is 4.79 Å². The lowest BCUT2D eigenvalue weighted by atomic mass is 9.83. The van der Waals surface area contributed by atoms with Crippen LogP contribution in [0.5, 0.6) is 0 Å². The molecule has 1 aromatic carbocycles. The van der Waals surface area contributed by atoms with Crippen molar-refractivity contribution in [1.29, 1.82) is 0 Å². The molecule has 0 spiro atoms. The van der Waals surface area contributed by atoms with Gasteiger partial charge in [0.05, 0.1) is 22.8 Å². The molecule has 4 nitrogen and oxygen atoms in total. The van der Waals surface area contributed by atoms with E-state index in [2.05, 4.69) is 20.1 Å². The Balaban J connectivity index is 1.70. The van der Waals surface area contributed by atoms with Gasteiger partial charge in [-0.05, 0) is 36.4 Å². The highest BCUT2D eigenvalue weighted by atomic mass is 32.1. The van der Waals surface area contributed by atoms with Crippen LogP contribution in [0.15, 0.2) is 35.7 Å². The molecule has 0 unspecified atom stereocenters. The number of anilines is 1. The van der Waals surface area contributed by atoms with Crippen molar-refractivity contribution in [2.45, 2.75) is 31.1 Å². The number of fused-ring (bicyclic) bond motifs is 1. The summed E-state index contributed by atoms with van der Waals surface area (Å²) < 4.78 is 8.53. The molecule has 0 bridgehead atoms. The molecule has 0 aliphatic heterocycles. The van der Waals surface area contributed by atoms with Gasteiger partial charge in [-0.25, -0.2) is 0 Å². The maximum absolute atomic E-state index is 13.1. The highest BCUT2D eigenvalue weighted by Crippen LogP contribution is 2.44. The molecule has 1 aliphatic carbocycles. The number of rotatable bonds is 3. The number of hydrogen-bond acceptors (Lipinski definition) is 5. The Morgan fingerprint density at radius 3 is 2.77 bits per heavy atom. The van der Waals surface area contributed by atoms with Crippen molar-refractivity contribution in [3.05, 3.63) is 40.6 Å². The van der Waals surface area contributed by atoms with Crippen molar-refractivity contribution in [3.63, 3.8) is 0 Å². The van der Waals surface area contributed by atoms with Crippen molar-refractivity contribution in [1.82, 2.24) is 8.75 Å². The van der Waals surface area contributed by atoms with E-state index in [1.165, 1.54) is 16.6 Å². The average molecular weight is 329 g/mol. The van der Waals surface area contributed by atoms with E-state index in [0.29, 0.717) is 0 Å². The van der Waals surface area contributed by atoms with E-state index in [4.69, 9.17) is 0 Å². The first kappa shape index (κ1) is 13.8. The number of nitrogens with zero attached hydrogens (tertiary/aromatic N) is 2. The zero-order valence-corrected chi connectivity index (χ0v) is 13.5. The van der Waals surface area contributed by atoms with E-state index < -0.39 is 0 Å². The molecule has 22 heavy (non-hydrogen) atoms. The third-order valence-corrected chi connectivity index (χ3v) is 6.04. The van der Waals surface area contributed by atoms with Crippen LogP contribution in [0.1, 0.15) is 30.6 Å². The summed E-state index contributed by atoms with van der Waals surface area (Å²) in [6, 6.07) is 9.84. The molecule has 112 valence electrons. The lowest BCUT2D eigenvalue weighted by Crippen LogP contribution is -2.37. The minimum Gasteiger partial charge on any atom is -0.323 e. The van der Waals surface area contributed by atoms with Crippen molar-refractivity contribution in [3.8, 4) is 0 Å². The normalized spacial score (nSPS) is 16.9. The first-order chi connectivity index (χ1) is 10.8. The molecule has 3 aromatic rings. The van der Waals surface area contributed by atoms with Crippen LogP contribution in [-0.2, 0) is 10.2 Å². The number of thiophene rings is 1. The van der Waals surface area contributed by atoms with Crippen LogP contribution >= 0.6 is 23.1 Å². The molecule has 0 atom stereocenters. The Hall–Kier alpha value is -1.79. The highest BCUT2D eigenvalue weighted by Gasteiger charge is 2.43. The predicted molar refractivity (Wildman–Crippen MR) is 90.5 cm³/mol. The summed E-state index contributed by atoms with van der Waals surface area (Å²) in [6.45, 7) is 0. The minimum absolute atomic E-state index is 0.0907. The molecule has 1 saturated carbocycles. The Bertz CT molecular complexity index is 804. The lowest BCUT2D eigenvalue weighted by molar-refractivity contribution is -0.121. The number of benzene rings is 1. The number of amides is 1. The molecular formula is C16H15N3OS2. The molecule has 6 heteroatoms. The Kier molecular flexibility index (Phi) is 3.43. The van der Waals surface area contributed by atoms with Gasteiger partial charge in [0.15, 0.2) is 0 Å². The number of hydrogen-bond donors (Lipinski definition) is 1. The van der Waals surface area contributed by atoms with Crippen LogP contribution in [0.4, 0.5) is 5.69 Å². The van der Waals surface area contributed by atoms with E-state index in [0.717, 1.165) is 42.4 Å². The summed E-state index contributed by atoms with van der Waals surface area (Å²) in [5.41, 5.74) is 2.00. The molecule has 0 radical (unpaired) electrons. The van der Waals surface area contributed by atoms with E-state index >= 15 is 0 Å². The van der Waals surface area contributed by atoms with Gasteiger partial charge in [-0.1, -0.05) is 25.0 Å².